The fraction of sp³-hybridized carbons (Fsp3) is 0.182. The zero-order chi connectivity index (χ0) is 19.6. The molecule has 0 atom stereocenters. The lowest BCUT2D eigenvalue weighted by Gasteiger charge is -2.14. The van der Waals surface area contributed by atoms with E-state index in [4.69, 9.17) is 0 Å². The summed E-state index contributed by atoms with van der Waals surface area (Å²) in [5.41, 5.74) is 3.52. The standard InChI is InChI=1S/C22H22O5/c1-2-13-7-16(9-14-3-5-18(23)11-20(14)25)22(27)17(8-13)10-15-4-6-19(24)12-21(15)26/h3-8,11-12,23-27H,2,9-10H2,1H3. The Morgan fingerprint density at radius 1 is 0.593 bits per heavy atom. The lowest BCUT2D eigenvalue weighted by Crippen LogP contribution is -1.98. The summed E-state index contributed by atoms with van der Waals surface area (Å²) in [4.78, 5) is 0. The van der Waals surface area contributed by atoms with Crippen molar-refractivity contribution in [2.45, 2.75) is 26.2 Å². The first-order valence-corrected chi connectivity index (χ1v) is 8.72. The molecular weight excluding hydrogens is 344 g/mol. The van der Waals surface area contributed by atoms with Crippen LogP contribution in [0.4, 0.5) is 0 Å². The van der Waals surface area contributed by atoms with Crippen LogP contribution in [0.15, 0.2) is 48.5 Å². The summed E-state index contributed by atoms with van der Waals surface area (Å²) in [5.74, 6) is -0.00670. The van der Waals surface area contributed by atoms with Crippen molar-refractivity contribution in [3.05, 3.63) is 76.3 Å². The largest absolute Gasteiger partial charge is 0.508 e. The summed E-state index contributed by atoms with van der Waals surface area (Å²) in [6.45, 7) is 2.01. The Kier molecular flexibility index (Phi) is 5.12. The van der Waals surface area contributed by atoms with E-state index in [1.165, 1.54) is 24.3 Å². The molecule has 27 heavy (non-hydrogen) atoms. The predicted molar refractivity (Wildman–Crippen MR) is 103 cm³/mol. The fourth-order valence-corrected chi connectivity index (χ4v) is 3.12. The highest BCUT2D eigenvalue weighted by Crippen LogP contribution is 2.34. The molecule has 5 nitrogen and oxygen atoms in total. The Bertz CT molecular complexity index is 904. The van der Waals surface area contributed by atoms with Gasteiger partial charge in [-0.3, -0.25) is 0 Å². The number of aryl methyl sites for hydroxylation is 1. The van der Waals surface area contributed by atoms with Crippen LogP contribution in [-0.2, 0) is 19.3 Å². The summed E-state index contributed by atoms with van der Waals surface area (Å²) in [6, 6.07) is 12.5. The van der Waals surface area contributed by atoms with Crippen LogP contribution in [0.1, 0.15) is 34.7 Å². The van der Waals surface area contributed by atoms with E-state index < -0.39 is 0 Å². The van der Waals surface area contributed by atoms with Gasteiger partial charge in [0.1, 0.15) is 28.7 Å². The van der Waals surface area contributed by atoms with Gasteiger partial charge < -0.3 is 25.5 Å². The summed E-state index contributed by atoms with van der Waals surface area (Å²) < 4.78 is 0. The normalized spacial score (nSPS) is 10.9. The number of hydrogen-bond acceptors (Lipinski definition) is 5. The number of phenolic OH excluding ortho intramolecular Hbond substituents is 5. The van der Waals surface area contributed by atoms with Gasteiger partial charge in [-0.1, -0.05) is 31.2 Å². The molecule has 0 heterocycles. The Labute approximate surface area is 157 Å². The molecule has 0 aliphatic rings. The lowest BCUT2D eigenvalue weighted by molar-refractivity contribution is 0.445. The summed E-state index contributed by atoms with van der Waals surface area (Å²) in [7, 11) is 0. The SMILES string of the molecule is CCc1cc(Cc2ccc(O)cc2O)c(O)c(Cc2ccc(O)cc2O)c1. The molecule has 3 aromatic carbocycles. The first-order chi connectivity index (χ1) is 12.9. The zero-order valence-corrected chi connectivity index (χ0v) is 15.0. The summed E-state index contributed by atoms with van der Waals surface area (Å²) >= 11 is 0. The minimum atomic E-state index is -0.0333. The topological polar surface area (TPSA) is 101 Å². The van der Waals surface area contributed by atoms with Gasteiger partial charge >= 0.3 is 0 Å². The van der Waals surface area contributed by atoms with Crippen molar-refractivity contribution in [3.63, 3.8) is 0 Å². The smallest absolute Gasteiger partial charge is 0.122 e. The molecule has 3 rings (SSSR count). The van der Waals surface area contributed by atoms with Gasteiger partial charge in [-0.25, -0.2) is 0 Å². The quantitative estimate of drug-likeness (QED) is 0.470. The number of rotatable bonds is 5. The van der Waals surface area contributed by atoms with Gasteiger partial charge in [0.25, 0.3) is 0 Å². The van der Waals surface area contributed by atoms with Crippen LogP contribution in [-0.4, -0.2) is 25.5 Å². The van der Waals surface area contributed by atoms with Crippen LogP contribution < -0.4 is 0 Å². The van der Waals surface area contributed by atoms with Crippen molar-refractivity contribution in [1.29, 1.82) is 0 Å². The molecular formula is C22H22O5. The minimum absolute atomic E-state index is 0.0220. The highest BCUT2D eigenvalue weighted by molar-refractivity contribution is 5.51. The maximum Gasteiger partial charge on any atom is 0.122 e. The Morgan fingerprint density at radius 3 is 1.41 bits per heavy atom. The summed E-state index contributed by atoms with van der Waals surface area (Å²) in [6.07, 6.45) is 1.38. The van der Waals surface area contributed by atoms with Crippen molar-refractivity contribution >= 4 is 0 Å². The summed E-state index contributed by atoms with van der Waals surface area (Å²) in [5, 5.41) is 49.7. The monoisotopic (exact) mass is 366 g/mol. The third-order valence-corrected chi connectivity index (χ3v) is 4.64. The average Bonchev–Trinajstić information content (AvgIpc) is 2.62. The van der Waals surface area contributed by atoms with E-state index in [0.29, 0.717) is 35.1 Å². The van der Waals surface area contributed by atoms with Gasteiger partial charge in [0, 0.05) is 25.0 Å². The van der Waals surface area contributed by atoms with E-state index in [2.05, 4.69) is 0 Å². The fourth-order valence-electron chi connectivity index (χ4n) is 3.12. The van der Waals surface area contributed by atoms with Crippen molar-refractivity contribution < 1.29 is 25.5 Å². The number of phenols is 5. The lowest BCUT2D eigenvalue weighted by atomic mass is 9.93. The van der Waals surface area contributed by atoms with Crippen molar-refractivity contribution in [2.75, 3.05) is 0 Å². The molecule has 5 N–H and O–H groups in total. The first kappa shape index (κ1) is 18.5. The van der Waals surface area contributed by atoms with Crippen LogP contribution in [0.2, 0.25) is 0 Å². The number of benzene rings is 3. The van der Waals surface area contributed by atoms with Gasteiger partial charge in [-0.2, -0.15) is 0 Å². The maximum atomic E-state index is 10.8. The molecule has 5 heteroatoms. The van der Waals surface area contributed by atoms with E-state index in [-0.39, 0.29) is 28.7 Å². The van der Waals surface area contributed by atoms with Gasteiger partial charge in [0.2, 0.25) is 0 Å². The molecule has 0 aromatic heterocycles. The van der Waals surface area contributed by atoms with Crippen molar-refractivity contribution in [2.24, 2.45) is 0 Å². The minimum Gasteiger partial charge on any atom is -0.508 e. The Balaban J connectivity index is 1.99. The van der Waals surface area contributed by atoms with Crippen molar-refractivity contribution in [3.8, 4) is 28.7 Å². The van der Waals surface area contributed by atoms with Crippen LogP contribution in [0.5, 0.6) is 28.7 Å². The van der Waals surface area contributed by atoms with E-state index >= 15 is 0 Å². The Morgan fingerprint density at radius 2 is 1.04 bits per heavy atom. The molecule has 3 aromatic rings. The molecule has 0 saturated heterocycles. The van der Waals surface area contributed by atoms with Crippen LogP contribution in [0, 0.1) is 0 Å². The molecule has 140 valence electrons. The van der Waals surface area contributed by atoms with E-state index in [1.807, 2.05) is 19.1 Å². The third-order valence-electron chi connectivity index (χ3n) is 4.64. The molecule has 0 aliphatic carbocycles. The second-order valence-corrected chi connectivity index (χ2v) is 6.60. The molecule has 0 aliphatic heterocycles. The number of hydrogen-bond donors (Lipinski definition) is 5. The molecule has 0 saturated carbocycles. The molecule has 0 fully saturated rings. The van der Waals surface area contributed by atoms with Gasteiger partial charge in [0.15, 0.2) is 0 Å². The number of aromatic hydroxyl groups is 5. The Hall–Kier alpha value is -3.34. The maximum absolute atomic E-state index is 10.8. The highest BCUT2D eigenvalue weighted by Gasteiger charge is 2.14. The molecule has 0 unspecified atom stereocenters. The molecule has 0 spiro atoms. The average molecular weight is 366 g/mol. The third kappa shape index (κ3) is 4.08. The highest BCUT2D eigenvalue weighted by atomic mass is 16.3. The van der Waals surface area contributed by atoms with Crippen LogP contribution in [0.25, 0.3) is 0 Å². The van der Waals surface area contributed by atoms with Crippen molar-refractivity contribution in [1.82, 2.24) is 0 Å². The first-order valence-electron chi connectivity index (χ1n) is 8.72. The molecule has 0 radical (unpaired) electrons. The van der Waals surface area contributed by atoms with Gasteiger partial charge in [-0.05, 0) is 46.4 Å². The second-order valence-electron chi connectivity index (χ2n) is 6.60. The molecule has 0 bridgehead atoms. The van der Waals surface area contributed by atoms with Gasteiger partial charge in [-0.15, -0.1) is 0 Å². The van der Waals surface area contributed by atoms with E-state index in [0.717, 1.165) is 12.0 Å². The van der Waals surface area contributed by atoms with Crippen LogP contribution >= 0.6 is 0 Å². The second kappa shape index (κ2) is 7.50. The van der Waals surface area contributed by atoms with Crippen LogP contribution in [0.3, 0.4) is 0 Å². The van der Waals surface area contributed by atoms with E-state index in [9.17, 15) is 25.5 Å². The predicted octanol–water partition coefficient (Wildman–Crippen LogP) is 3.96. The van der Waals surface area contributed by atoms with Gasteiger partial charge in [0.05, 0.1) is 0 Å². The zero-order valence-electron chi connectivity index (χ0n) is 15.0. The molecule has 0 amide bonds. The van der Waals surface area contributed by atoms with E-state index in [1.54, 1.807) is 12.1 Å².